The molecule has 1 fully saturated rings. The van der Waals surface area contributed by atoms with E-state index in [1.165, 1.54) is 37.7 Å². The summed E-state index contributed by atoms with van der Waals surface area (Å²) in [5.41, 5.74) is 2.03. The van der Waals surface area contributed by atoms with Gasteiger partial charge in [0, 0.05) is 12.0 Å². The minimum atomic E-state index is 0.250. The van der Waals surface area contributed by atoms with Crippen molar-refractivity contribution in [1.29, 1.82) is 0 Å². The van der Waals surface area contributed by atoms with Crippen LogP contribution < -0.4 is 4.74 Å². The number of fused-ring (bicyclic) bond motifs is 1. The van der Waals surface area contributed by atoms with Gasteiger partial charge in [0.2, 0.25) is 0 Å². The third-order valence-electron chi connectivity index (χ3n) is 4.33. The lowest BCUT2D eigenvalue weighted by Crippen LogP contribution is -2.32. The fourth-order valence-corrected chi connectivity index (χ4v) is 3.13. The zero-order valence-electron chi connectivity index (χ0n) is 12.1. The quantitative estimate of drug-likeness (QED) is 0.793. The molecule has 0 atom stereocenters. The molecule has 3 nitrogen and oxygen atoms in total. The van der Waals surface area contributed by atoms with Crippen LogP contribution in [0.25, 0.3) is 0 Å². The Hall–Kier alpha value is -1.35. The van der Waals surface area contributed by atoms with Crippen LogP contribution in [-0.2, 0) is 6.42 Å². The van der Waals surface area contributed by atoms with Crippen molar-refractivity contribution in [3.63, 3.8) is 0 Å². The molecule has 108 valence electrons. The van der Waals surface area contributed by atoms with E-state index in [2.05, 4.69) is 4.90 Å². The molecule has 0 saturated carbocycles. The molecule has 2 aliphatic heterocycles. The Balaban J connectivity index is 1.63. The van der Waals surface area contributed by atoms with E-state index >= 15 is 0 Å². The lowest BCUT2D eigenvalue weighted by molar-refractivity contribution is 0.0924. The van der Waals surface area contributed by atoms with E-state index < -0.39 is 0 Å². The second-order valence-corrected chi connectivity index (χ2v) is 5.89. The zero-order valence-corrected chi connectivity index (χ0v) is 12.1. The second-order valence-electron chi connectivity index (χ2n) is 5.89. The number of hydrogen-bond donors (Lipinski definition) is 0. The number of hydrogen-bond acceptors (Lipinski definition) is 3. The van der Waals surface area contributed by atoms with Crippen LogP contribution in [0.1, 0.15) is 48.0 Å². The van der Waals surface area contributed by atoms with E-state index in [1.54, 1.807) is 0 Å². The third-order valence-corrected chi connectivity index (χ3v) is 4.33. The van der Waals surface area contributed by atoms with Gasteiger partial charge in [-0.3, -0.25) is 9.69 Å². The highest BCUT2D eigenvalue weighted by molar-refractivity contribution is 5.98. The van der Waals surface area contributed by atoms with Gasteiger partial charge in [0.05, 0.1) is 13.2 Å². The monoisotopic (exact) mass is 273 g/mol. The Morgan fingerprint density at radius 2 is 1.85 bits per heavy atom. The van der Waals surface area contributed by atoms with Gasteiger partial charge in [-0.05, 0) is 49.7 Å². The number of ether oxygens (including phenoxy) is 1. The minimum Gasteiger partial charge on any atom is -0.493 e. The summed E-state index contributed by atoms with van der Waals surface area (Å²) in [5.74, 6) is 1.20. The van der Waals surface area contributed by atoms with Crippen molar-refractivity contribution in [2.45, 2.75) is 38.5 Å². The molecular weight excluding hydrogens is 250 g/mol. The molecule has 0 amide bonds. The van der Waals surface area contributed by atoms with Gasteiger partial charge < -0.3 is 4.74 Å². The molecule has 0 aromatic heterocycles. The van der Waals surface area contributed by atoms with Gasteiger partial charge >= 0.3 is 0 Å². The Morgan fingerprint density at radius 1 is 1.10 bits per heavy atom. The summed E-state index contributed by atoms with van der Waals surface area (Å²) in [6.45, 7) is 3.46. The molecular formula is C17H23NO2. The van der Waals surface area contributed by atoms with Crippen molar-refractivity contribution < 1.29 is 9.53 Å². The Kier molecular flexibility index (Phi) is 4.36. The Morgan fingerprint density at radius 3 is 2.65 bits per heavy atom. The fourth-order valence-electron chi connectivity index (χ4n) is 3.13. The lowest BCUT2D eigenvalue weighted by atomic mass is 10.0. The second kappa shape index (κ2) is 6.40. The molecule has 0 aliphatic carbocycles. The number of Topliss-reactive ketones (excluding diaryl/α,β-unsaturated/α-hetero) is 1. The van der Waals surface area contributed by atoms with E-state index in [1.807, 2.05) is 18.2 Å². The number of carbonyl (C=O) groups is 1. The van der Waals surface area contributed by atoms with Crippen LogP contribution in [-0.4, -0.2) is 36.9 Å². The van der Waals surface area contributed by atoms with Crippen molar-refractivity contribution in [2.75, 3.05) is 26.2 Å². The normalized spacial score (nSPS) is 19.8. The molecule has 20 heavy (non-hydrogen) atoms. The number of likely N-dealkylation sites (tertiary alicyclic amines) is 1. The molecule has 1 saturated heterocycles. The molecule has 3 heteroatoms. The van der Waals surface area contributed by atoms with Gasteiger partial charge in [0.1, 0.15) is 5.75 Å². The number of nitrogens with zero attached hydrogens (tertiary/aromatic N) is 1. The highest BCUT2D eigenvalue weighted by Crippen LogP contribution is 2.26. The molecule has 0 radical (unpaired) electrons. The largest absolute Gasteiger partial charge is 0.493 e. The minimum absolute atomic E-state index is 0.250. The third kappa shape index (κ3) is 3.21. The molecule has 2 aliphatic rings. The molecule has 0 spiro atoms. The Bertz CT molecular complexity index is 476. The molecule has 1 aromatic carbocycles. The van der Waals surface area contributed by atoms with Crippen molar-refractivity contribution in [2.24, 2.45) is 0 Å². The lowest BCUT2D eigenvalue weighted by Gasteiger charge is -2.23. The average Bonchev–Trinajstić information content (AvgIpc) is 2.88. The molecule has 0 unspecified atom stereocenters. The Labute approximate surface area is 120 Å². The first-order chi connectivity index (χ1) is 9.83. The first-order valence-corrected chi connectivity index (χ1v) is 7.84. The van der Waals surface area contributed by atoms with Crippen LogP contribution >= 0.6 is 0 Å². The van der Waals surface area contributed by atoms with Crippen molar-refractivity contribution in [1.82, 2.24) is 4.90 Å². The summed E-state index contributed by atoms with van der Waals surface area (Å²) in [6.07, 6.45) is 7.35. The van der Waals surface area contributed by atoms with Crippen molar-refractivity contribution >= 4 is 5.78 Å². The number of ketones is 1. The van der Waals surface area contributed by atoms with Gasteiger partial charge in [0.15, 0.2) is 5.78 Å². The van der Waals surface area contributed by atoms with E-state index in [0.717, 1.165) is 37.4 Å². The predicted molar refractivity (Wildman–Crippen MR) is 79.5 cm³/mol. The van der Waals surface area contributed by atoms with Crippen molar-refractivity contribution in [3.05, 3.63) is 29.3 Å². The van der Waals surface area contributed by atoms with Crippen LogP contribution in [0.3, 0.4) is 0 Å². The average molecular weight is 273 g/mol. The summed E-state index contributed by atoms with van der Waals surface area (Å²) in [5, 5.41) is 0. The molecule has 0 bridgehead atoms. The molecule has 2 heterocycles. The van der Waals surface area contributed by atoms with Gasteiger partial charge in [-0.2, -0.15) is 0 Å². The van der Waals surface area contributed by atoms with E-state index in [4.69, 9.17) is 4.74 Å². The number of benzene rings is 1. The smallest absolute Gasteiger partial charge is 0.176 e. The standard InChI is InChI=1S/C17H23NO2/c19-16(13-18-9-4-2-1-3-5-10-18)14-6-7-17-15(12-14)8-11-20-17/h6-7,12H,1-5,8-11,13H2. The zero-order chi connectivity index (χ0) is 13.8. The molecule has 1 aromatic rings. The van der Waals surface area contributed by atoms with Gasteiger partial charge in [-0.1, -0.05) is 19.3 Å². The summed E-state index contributed by atoms with van der Waals surface area (Å²) in [4.78, 5) is 14.8. The molecule has 3 rings (SSSR count). The highest BCUT2D eigenvalue weighted by Gasteiger charge is 2.17. The summed E-state index contributed by atoms with van der Waals surface area (Å²) < 4.78 is 5.49. The van der Waals surface area contributed by atoms with Gasteiger partial charge in [0.25, 0.3) is 0 Å². The predicted octanol–water partition coefficient (Wildman–Crippen LogP) is 3.07. The summed E-state index contributed by atoms with van der Waals surface area (Å²) >= 11 is 0. The van der Waals surface area contributed by atoms with Crippen LogP contribution in [0.5, 0.6) is 5.75 Å². The summed E-state index contributed by atoms with van der Waals surface area (Å²) in [7, 11) is 0. The topological polar surface area (TPSA) is 29.5 Å². The van der Waals surface area contributed by atoms with E-state index in [0.29, 0.717) is 6.54 Å². The molecule has 0 N–H and O–H groups in total. The number of carbonyl (C=O) groups excluding carboxylic acids is 1. The van der Waals surface area contributed by atoms with Crippen LogP contribution in [0.4, 0.5) is 0 Å². The van der Waals surface area contributed by atoms with Gasteiger partial charge in [-0.15, -0.1) is 0 Å². The fraction of sp³-hybridized carbons (Fsp3) is 0.588. The summed E-state index contributed by atoms with van der Waals surface area (Å²) in [6, 6.07) is 5.88. The van der Waals surface area contributed by atoms with Gasteiger partial charge in [-0.25, -0.2) is 0 Å². The number of rotatable bonds is 3. The van der Waals surface area contributed by atoms with Crippen molar-refractivity contribution in [3.8, 4) is 5.75 Å². The van der Waals surface area contributed by atoms with Crippen LogP contribution in [0, 0.1) is 0 Å². The van der Waals surface area contributed by atoms with E-state index in [-0.39, 0.29) is 5.78 Å². The first-order valence-electron chi connectivity index (χ1n) is 7.84. The highest BCUT2D eigenvalue weighted by atomic mass is 16.5. The maximum Gasteiger partial charge on any atom is 0.176 e. The maximum absolute atomic E-state index is 12.4. The van der Waals surface area contributed by atoms with Crippen LogP contribution in [0.15, 0.2) is 18.2 Å². The maximum atomic E-state index is 12.4. The SMILES string of the molecule is O=C(CN1CCCCCCC1)c1ccc2c(c1)CCO2. The first kappa shape index (κ1) is 13.6. The van der Waals surface area contributed by atoms with E-state index in [9.17, 15) is 4.79 Å². The van der Waals surface area contributed by atoms with Crippen LogP contribution in [0.2, 0.25) is 0 Å².